The van der Waals surface area contributed by atoms with Gasteiger partial charge in [-0.2, -0.15) is 0 Å². The van der Waals surface area contributed by atoms with Gasteiger partial charge in [0.25, 0.3) is 0 Å². The summed E-state index contributed by atoms with van der Waals surface area (Å²) in [6.07, 6.45) is 2.12. The first kappa shape index (κ1) is 27.0. The first-order chi connectivity index (χ1) is 15.7. The summed E-state index contributed by atoms with van der Waals surface area (Å²) in [7, 11) is 0. The molecule has 0 heterocycles. The fourth-order valence-corrected chi connectivity index (χ4v) is 3.85. The molecule has 0 fully saturated rings. The zero-order valence-electron chi connectivity index (χ0n) is 19.9. The third-order valence-corrected chi connectivity index (χ3v) is 6.15. The average molecular weight is 493 g/mol. The second-order valence-corrected chi connectivity index (χ2v) is 9.11. The Morgan fingerprint density at radius 3 is 2.36 bits per heavy atom. The van der Waals surface area contributed by atoms with Gasteiger partial charge in [0.1, 0.15) is 11.8 Å². The van der Waals surface area contributed by atoms with Gasteiger partial charge >= 0.3 is 0 Å². The molecule has 0 saturated carbocycles. The Hall–Kier alpha value is -2.24. The van der Waals surface area contributed by atoms with Crippen LogP contribution >= 0.6 is 23.2 Å². The van der Waals surface area contributed by atoms with Crippen molar-refractivity contribution in [1.29, 1.82) is 0 Å². The van der Waals surface area contributed by atoms with E-state index in [9.17, 15) is 9.59 Å². The number of hydrogen-bond donors (Lipinski definition) is 1. The van der Waals surface area contributed by atoms with Crippen LogP contribution in [0.2, 0.25) is 10.0 Å². The van der Waals surface area contributed by atoms with Crippen LogP contribution < -0.4 is 10.1 Å². The second kappa shape index (κ2) is 13.5. The van der Waals surface area contributed by atoms with Gasteiger partial charge in [-0.15, -0.1) is 0 Å². The molecule has 5 nitrogen and oxygen atoms in total. The Morgan fingerprint density at radius 2 is 1.76 bits per heavy atom. The first-order valence-corrected chi connectivity index (χ1v) is 12.2. The van der Waals surface area contributed by atoms with Crippen LogP contribution in [0.5, 0.6) is 5.75 Å². The molecule has 0 aliphatic carbocycles. The highest BCUT2D eigenvalue weighted by molar-refractivity contribution is 6.35. The second-order valence-electron chi connectivity index (χ2n) is 8.26. The Morgan fingerprint density at radius 1 is 1.06 bits per heavy atom. The van der Waals surface area contributed by atoms with Gasteiger partial charge in [-0.1, -0.05) is 60.8 Å². The quantitative estimate of drug-likeness (QED) is 0.359. The van der Waals surface area contributed by atoms with E-state index in [2.05, 4.69) is 5.32 Å². The molecule has 2 aromatic carbocycles. The molecule has 0 unspecified atom stereocenters. The average Bonchev–Trinajstić information content (AvgIpc) is 2.78. The normalized spacial score (nSPS) is 12.7. The number of nitrogens with one attached hydrogen (secondary N) is 1. The largest absolute Gasteiger partial charge is 0.494 e. The summed E-state index contributed by atoms with van der Waals surface area (Å²) in [6.45, 7) is 8.54. The molecule has 0 aromatic heterocycles. The lowest BCUT2D eigenvalue weighted by molar-refractivity contribution is -0.141. The van der Waals surface area contributed by atoms with Crippen molar-refractivity contribution >= 4 is 35.0 Å². The molecule has 2 amide bonds. The fraction of sp³-hybridized carbons (Fsp3) is 0.462. The van der Waals surface area contributed by atoms with Crippen molar-refractivity contribution in [3.63, 3.8) is 0 Å². The minimum Gasteiger partial charge on any atom is -0.494 e. The van der Waals surface area contributed by atoms with Gasteiger partial charge in [-0.05, 0) is 62.9 Å². The minimum atomic E-state index is -0.587. The van der Waals surface area contributed by atoms with E-state index in [0.29, 0.717) is 29.5 Å². The van der Waals surface area contributed by atoms with Crippen molar-refractivity contribution in [2.24, 2.45) is 0 Å². The molecule has 0 saturated heterocycles. The van der Waals surface area contributed by atoms with Crippen LogP contribution in [0.4, 0.5) is 0 Å². The summed E-state index contributed by atoms with van der Waals surface area (Å²) in [5.41, 5.74) is 1.91. The highest BCUT2D eigenvalue weighted by atomic mass is 35.5. The lowest BCUT2D eigenvalue weighted by Crippen LogP contribution is -2.50. The van der Waals surface area contributed by atoms with Gasteiger partial charge in [0, 0.05) is 29.1 Å². The van der Waals surface area contributed by atoms with E-state index in [0.717, 1.165) is 23.3 Å². The molecule has 0 bridgehead atoms. The first-order valence-electron chi connectivity index (χ1n) is 11.5. The Balaban J connectivity index is 2.10. The smallest absolute Gasteiger partial charge is 0.243 e. The molecule has 33 heavy (non-hydrogen) atoms. The number of amides is 2. The number of hydrogen-bond acceptors (Lipinski definition) is 3. The van der Waals surface area contributed by atoms with Gasteiger partial charge in [-0.25, -0.2) is 0 Å². The monoisotopic (exact) mass is 492 g/mol. The van der Waals surface area contributed by atoms with Crippen molar-refractivity contribution in [3.05, 3.63) is 63.6 Å². The van der Waals surface area contributed by atoms with Crippen molar-refractivity contribution in [2.75, 3.05) is 6.61 Å². The number of ether oxygens (including phenoxy) is 1. The van der Waals surface area contributed by atoms with E-state index in [1.54, 1.807) is 23.1 Å². The van der Waals surface area contributed by atoms with Gasteiger partial charge in [0.05, 0.1) is 6.61 Å². The summed E-state index contributed by atoms with van der Waals surface area (Å²) in [6, 6.07) is 12.4. The van der Waals surface area contributed by atoms with Crippen LogP contribution in [0.3, 0.4) is 0 Å². The predicted octanol–water partition coefficient (Wildman–Crippen LogP) is 6.18. The third kappa shape index (κ3) is 8.56. The standard InChI is InChI=1S/C26H34Cl2N2O3/c1-5-19(4)29-26(32)24(6-2)30(17-20-11-12-21(27)16-23(20)28)25(31)8-7-15-33-22-13-9-18(3)10-14-22/h9-14,16,19,24H,5-8,15,17H2,1-4H3,(H,29,32)/t19-,24-/m1/s1. The zero-order valence-corrected chi connectivity index (χ0v) is 21.4. The molecule has 0 aliphatic heterocycles. The van der Waals surface area contributed by atoms with Crippen LogP contribution in [0.1, 0.15) is 57.6 Å². The SMILES string of the molecule is CC[C@@H](C)NC(=O)[C@@H](CC)N(Cc1ccc(Cl)cc1Cl)C(=O)CCCOc1ccc(C)cc1. The lowest BCUT2D eigenvalue weighted by Gasteiger charge is -2.32. The van der Waals surface area contributed by atoms with E-state index < -0.39 is 6.04 Å². The summed E-state index contributed by atoms with van der Waals surface area (Å²) < 4.78 is 5.76. The maximum Gasteiger partial charge on any atom is 0.243 e. The number of benzene rings is 2. The minimum absolute atomic E-state index is 0.0329. The molecular weight excluding hydrogens is 459 g/mol. The number of aryl methyl sites for hydroxylation is 1. The highest BCUT2D eigenvalue weighted by Gasteiger charge is 2.29. The summed E-state index contributed by atoms with van der Waals surface area (Å²) in [5.74, 6) is 0.512. The van der Waals surface area contributed by atoms with E-state index >= 15 is 0 Å². The van der Waals surface area contributed by atoms with Crippen molar-refractivity contribution in [3.8, 4) is 5.75 Å². The number of rotatable bonds is 12. The van der Waals surface area contributed by atoms with Crippen molar-refractivity contribution in [1.82, 2.24) is 10.2 Å². The lowest BCUT2D eigenvalue weighted by atomic mass is 10.1. The van der Waals surface area contributed by atoms with Gasteiger partial charge in [0.15, 0.2) is 0 Å². The van der Waals surface area contributed by atoms with Crippen LogP contribution in [0.25, 0.3) is 0 Å². The van der Waals surface area contributed by atoms with E-state index in [1.807, 2.05) is 52.0 Å². The molecule has 180 valence electrons. The number of carbonyl (C=O) groups is 2. The molecule has 0 spiro atoms. The molecular formula is C26H34Cl2N2O3. The van der Waals surface area contributed by atoms with Crippen LogP contribution in [0.15, 0.2) is 42.5 Å². The fourth-order valence-electron chi connectivity index (χ4n) is 3.39. The van der Waals surface area contributed by atoms with Gasteiger partial charge in [0.2, 0.25) is 11.8 Å². The highest BCUT2D eigenvalue weighted by Crippen LogP contribution is 2.24. The molecule has 2 aromatic rings. The molecule has 0 aliphatic rings. The topological polar surface area (TPSA) is 58.6 Å². The molecule has 1 N–H and O–H groups in total. The maximum atomic E-state index is 13.3. The molecule has 2 rings (SSSR count). The number of carbonyl (C=O) groups excluding carboxylic acids is 2. The van der Waals surface area contributed by atoms with E-state index in [-0.39, 0.29) is 30.8 Å². The van der Waals surface area contributed by atoms with E-state index in [4.69, 9.17) is 27.9 Å². The molecule has 7 heteroatoms. The maximum absolute atomic E-state index is 13.3. The van der Waals surface area contributed by atoms with Crippen molar-refractivity contribution in [2.45, 2.75) is 72.0 Å². The molecule has 0 radical (unpaired) electrons. The predicted molar refractivity (Wildman–Crippen MR) is 135 cm³/mol. The zero-order chi connectivity index (χ0) is 24.4. The van der Waals surface area contributed by atoms with E-state index in [1.165, 1.54) is 0 Å². The summed E-state index contributed by atoms with van der Waals surface area (Å²) in [4.78, 5) is 27.9. The third-order valence-electron chi connectivity index (χ3n) is 5.57. The van der Waals surface area contributed by atoms with Crippen LogP contribution in [-0.4, -0.2) is 35.4 Å². The Labute approximate surface area is 207 Å². The Bertz CT molecular complexity index is 918. The number of nitrogens with zero attached hydrogens (tertiary/aromatic N) is 1. The van der Waals surface area contributed by atoms with Gasteiger partial charge in [-0.3, -0.25) is 9.59 Å². The molecule has 2 atom stereocenters. The van der Waals surface area contributed by atoms with Crippen LogP contribution in [-0.2, 0) is 16.1 Å². The van der Waals surface area contributed by atoms with Crippen LogP contribution in [0, 0.1) is 6.92 Å². The summed E-state index contributed by atoms with van der Waals surface area (Å²) >= 11 is 12.4. The van der Waals surface area contributed by atoms with Crippen molar-refractivity contribution < 1.29 is 14.3 Å². The number of halogens is 2. The van der Waals surface area contributed by atoms with Gasteiger partial charge < -0.3 is 15.0 Å². The Kier molecular flexibility index (Phi) is 11.0. The summed E-state index contributed by atoms with van der Waals surface area (Å²) in [5, 5.41) is 4.00.